The van der Waals surface area contributed by atoms with Gasteiger partial charge in [0.25, 0.3) is 0 Å². The van der Waals surface area contributed by atoms with Crippen LogP contribution in [0.1, 0.15) is 94.2 Å². The van der Waals surface area contributed by atoms with E-state index in [-0.39, 0.29) is 0 Å². The Kier molecular flexibility index (Phi) is 10.5. The van der Waals surface area contributed by atoms with Crippen LogP contribution in [0.25, 0.3) is 0 Å². The average molecular weight is 429 g/mol. The first kappa shape index (κ1) is 24.2. The minimum Gasteiger partial charge on any atom is -0.494 e. The molecule has 0 radical (unpaired) electrons. The Morgan fingerprint density at radius 2 is 1.56 bits per heavy atom. The van der Waals surface area contributed by atoms with Gasteiger partial charge in [-0.2, -0.15) is 0 Å². The van der Waals surface area contributed by atoms with Gasteiger partial charge >= 0.3 is 0 Å². The molecule has 0 unspecified atom stereocenters. The minimum absolute atomic E-state index is 0.665. The summed E-state index contributed by atoms with van der Waals surface area (Å²) in [4.78, 5) is 0. The third-order valence-electron chi connectivity index (χ3n) is 6.58. The molecule has 1 saturated carbocycles. The second-order valence-corrected chi connectivity index (χ2v) is 9.17. The van der Waals surface area contributed by atoms with Crippen molar-refractivity contribution in [3.05, 3.63) is 77.4 Å². The molecule has 0 aliphatic heterocycles. The van der Waals surface area contributed by atoms with Crippen LogP contribution in [0.4, 0.5) is 0 Å². The quantitative estimate of drug-likeness (QED) is 0.272. The second-order valence-electron chi connectivity index (χ2n) is 9.17. The van der Waals surface area contributed by atoms with Crippen LogP contribution in [0, 0.1) is 17.8 Å². The molecular formula is C31H40O. The third kappa shape index (κ3) is 8.23. The van der Waals surface area contributed by atoms with E-state index in [0.29, 0.717) is 11.8 Å². The highest BCUT2D eigenvalue weighted by Crippen LogP contribution is 2.36. The number of hydrogen-bond acceptors (Lipinski definition) is 1. The molecule has 0 N–H and O–H groups in total. The summed E-state index contributed by atoms with van der Waals surface area (Å²) >= 11 is 0. The number of aryl methyl sites for hydroxylation is 1. The van der Waals surface area contributed by atoms with Crippen molar-refractivity contribution in [3.8, 4) is 17.6 Å². The molecule has 1 aliphatic carbocycles. The molecule has 1 nitrogen and oxygen atoms in total. The molecule has 0 spiro atoms. The lowest BCUT2D eigenvalue weighted by Gasteiger charge is -2.27. The topological polar surface area (TPSA) is 9.23 Å². The fourth-order valence-corrected chi connectivity index (χ4v) is 4.46. The molecule has 1 heteroatoms. The summed E-state index contributed by atoms with van der Waals surface area (Å²) in [5, 5.41) is 0. The van der Waals surface area contributed by atoms with E-state index in [4.69, 9.17) is 4.74 Å². The van der Waals surface area contributed by atoms with Crippen LogP contribution in [0.2, 0.25) is 0 Å². The monoisotopic (exact) mass is 428 g/mol. The predicted molar refractivity (Wildman–Crippen MR) is 137 cm³/mol. The van der Waals surface area contributed by atoms with Crippen molar-refractivity contribution >= 4 is 0 Å². The second kappa shape index (κ2) is 13.8. The van der Waals surface area contributed by atoms with E-state index in [9.17, 15) is 0 Å². The number of ether oxygens (including phenoxy) is 1. The molecule has 0 bridgehead atoms. The molecule has 1 fully saturated rings. The first-order valence-electron chi connectivity index (χ1n) is 12.8. The molecule has 0 heterocycles. The molecular weight excluding hydrogens is 388 g/mol. The maximum atomic E-state index is 5.80. The number of hydrogen-bond donors (Lipinski definition) is 0. The lowest BCUT2D eigenvalue weighted by Crippen LogP contribution is -2.11. The fraction of sp³-hybridized carbons (Fsp3) is 0.484. The highest BCUT2D eigenvalue weighted by molar-refractivity contribution is 5.38. The summed E-state index contributed by atoms with van der Waals surface area (Å²) in [5.74, 6) is 8.89. The van der Waals surface area contributed by atoms with Gasteiger partial charge in [-0.3, -0.25) is 0 Å². The van der Waals surface area contributed by atoms with E-state index < -0.39 is 0 Å². The zero-order valence-electron chi connectivity index (χ0n) is 20.1. The number of benzene rings is 2. The Hall–Kier alpha value is -2.46. The van der Waals surface area contributed by atoms with E-state index in [0.717, 1.165) is 24.3 Å². The third-order valence-corrected chi connectivity index (χ3v) is 6.58. The van der Waals surface area contributed by atoms with Gasteiger partial charge in [0, 0.05) is 5.56 Å². The average Bonchev–Trinajstić information content (AvgIpc) is 2.84. The maximum Gasteiger partial charge on any atom is 0.119 e. The summed E-state index contributed by atoms with van der Waals surface area (Å²) in [6.45, 7) is 5.26. The van der Waals surface area contributed by atoms with Gasteiger partial charge in [-0.05, 0) is 98.2 Å². The lowest BCUT2D eigenvalue weighted by molar-refractivity contribution is 0.309. The lowest BCUT2D eigenvalue weighted by atomic mass is 9.78. The Labute approximate surface area is 196 Å². The largest absolute Gasteiger partial charge is 0.494 e. The predicted octanol–water partition coefficient (Wildman–Crippen LogP) is 8.48. The number of rotatable bonds is 10. The van der Waals surface area contributed by atoms with E-state index in [1.54, 1.807) is 0 Å². The first-order valence-corrected chi connectivity index (χ1v) is 12.8. The van der Waals surface area contributed by atoms with Gasteiger partial charge in [0.15, 0.2) is 0 Å². The van der Waals surface area contributed by atoms with Crippen LogP contribution < -0.4 is 4.74 Å². The molecule has 2 aromatic carbocycles. The van der Waals surface area contributed by atoms with E-state index in [1.807, 2.05) is 0 Å². The van der Waals surface area contributed by atoms with Gasteiger partial charge in [0.2, 0.25) is 0 Å². The zero-order valence-corrected chi connectivity index (χ0v) is 20.1. The van der Waals surface area contributed by atoms with Crippen LogP contribution in [0.5, 0.6) is 5.75 Å². The van der Waals surface area contributed by atoms with Gasteiger partial charge in [-0.25, -0.2) is 0 Å². The fourth-order valence-electron chi connectivity index (χ4n) is 4.46. The summed E-state index contributed by atoms with van der Waals surface area (Å²) in [6.07, 6.45) is 16.8. The van der Waals surface area contributed by atoms with E-state index in [1.165, 1.54) is 68.9 Å². The smallest absolute Gasteiger partial charge is 0.119 e. The van der Waals surface area contributed by atoms with Gasteiger partial charge in [-0.1, -0.05) is 75.3 Å². The Morgan fingerprint density at radius 1 is 0.844 bits per heavy atom. The van der Waals surface area contributed by atoms with Gasteiger partial charge in [-0.15, -0.1) is 0 Å². The maximum absolute atomic E-state index is 5.80. The van der Waals surface area contributed by atoms with Gasteiger partial charge in [0.05, 0.1) is 6.61 Å². The van der Waals surface area contributed by atoms with Crippen LogP contribution in [-0.4, -0.2) is 6.61 Å². The van der Waals surface area contributed by atoms with E-state index in [2.05, 4.69) is 86.4 Å². The molecule has 170 valence electrons. The summed E-state index contributed by atoms with van der Waals surface area (Å²) < 4.78 is 5.80. The van der Waals surface area contributed by atoms with Crippen molar-refractivity contribution in [2.24, 2.45) is 5.92 Å². The van der Waals surface area contributed by atoms with Crippen molar-refractivity contribution in [3.63, 3.8) is 0 Å². The van der Waals surface area contributed by atoms with Gasteiger partial charge < -0.3 is 4.74 Å². The summed E-state index contributed by atoms with van der Waals surface area (Å²) in [7, 11) is 0. The molecule has 0 aromatic heterocycles. The molecule has 0 saturated heterocycles. The zero-order chi connectivity index (χ0) is 22.4. The van der Waals surface area contributed by atoms with Crippen molar-refractivity contribution < 1.29 is 4.74 Å². The molecule has 3 rings (SSSR count). The van der Waals surface area contributed by atoms with Crippen LogP contribution in [0.15, 0.2) is 60.7 Å². The summed E-state index contributed by atoms with van der Waals surface area (Å²) in [6, 6.07) is 17.6. The molecule has 0 amide bonds. The normalized spacial score (nSPS) is 18.3. The first-order chi connectivity index (χ1) is 15.8. The number of unbranched alkanes of at least 4 members (excludes halogenated alkanes) is 3. The highest BCUT2D eigenvalue weighted by Gasteiger charge is 2.20. The van der Waals surface area contributed by atoms with Crippen LogP contribution >= 0.6 is 0 Å². The molecule has 32 heavy (non-hydrogen) atoms. The highest BCUT2D eigenvalue weighted by atomic mass is 16.5. The van der Waals surface area contributed by atoms with Crippen molar-refractivity contribution in [2.75, 3.05) is 6.61 Å². The molecule has 1 aliphatic rings. The van der Waals surface area contributed by atoms with Crippen LogP contribution in [0.3, 0.4) is 0 Å². The Morgan fingerprint density at radius 3 is 2.25 bits per heavy atom. The SMILES string of the molecule is CCCCCc1ccc(C#CC=CC2CCC(c3ccc(OCCCC)cc3)CC2)cc1. The summed E-state index contributed by atoms with van der Waals surface area (Å²) in [5.41, 5.74) is 4.00. The molecule has 2 aromatic rings. The van der Waals surface area contributed by atoms with E-state index >= 15 is 0 Å². The van der Waals surface area contributed by atoms with Crippen molar-refractivity contribution in [1.29, 1.82) is 0 Å². The number of allylic oxidation sites excluding steroid dienone is 2. The van der Waals surface area contributed by atoms with Crippen molar-refractivity contribution in [2.45, 2.75) is 84.0 Å². The standard InChI is InChI=1S/C31H40O/c1-3-5-7-10-26-13-15-27(16-14-26)11-8-9-12-28-17-19-29(20-18-28)30-21-23-31(24-22-30)32-25-6-4-2/h9,12-16,21-24,28-29H,3-7,10,17-20,25H2,1-2H3. The molecule has 0 atom stereocenters. The van der Waals surface area contributed by atoms with Crippen LogP contribution in [-0.2, 0) is 6.42 Å². The van der Waals surface area contributed by atoms with Crippen molar-refractivity contribution in [1.82, 2.24) is 0 Å². The minimum atomic E-state index is 0.665. The Bertz CT molecular complexity index is 855. The van der Waals surface area contributed by atoms with Gasteiger partial charge in [0.1, 0.15) is 5.75 Å². The Balaban J connectivity index is 1.40.